The van der Waals surface area contributed by atoms with Crippen LogP contribution < -0.4 is 5.32 Å². The lowest BCUT2D eigenvalue weighted by atomic mass is 10.1. The highest BCUT2D eigenvalue weighted by Gasteiger charge is 2.27. The Kier molecular flexibility index (Phi) is 7.66. The molecule has 0 aliphatic heterocycles. The summed E-state index contributed by atoms with van der Waals surface area (Å²) in [5, 5.41) is 6.17. The Labute approximate surface area is 214 Å². The first-order chi connectivity index (χ1) is 16.7. The average Bonchev–Trinajstić information content (AvgIpc) is 3.27. The summed E-state index contributed by atoms with van der Waals surface area (Å²) >= 11 is 7.50. The van der Waals surface area contributed by atoms with Crippen LogP contribution in [0.2, 0.25) is 5.02 Å². The molecule has 0 aliphatic carbocycles. The number of aromatic nitrogens is 1. The summed E-state index contributed by atoms with van der Waals surface area (Å²) in [7, 11) is -3.96. The molecule has 1 N–H and O–H groups in total. The zero-order valence-electron chi connectivity index (χ0n) is 19.2. The largest absolute Gasteiger partial charge is 0.325 e. The van der Waals surface area contributed by atoms with Gasteiger partial charge >= 0.3 is 0 Å². The van der Waals surface area contributed by atoms with Crippen molar-refractivity contribution < 1.29 is 13.2 Å². The van der Waals surface area contributed by atoms with Crippen LogP contribution in [0.1, 0.15) is 16.1 Å². The lowest BCUT2D eigenvalue weighted by Gasteiger charge is -2.23. The van der Waals surface area contributed by atoms with Gasteiger partial charge in [0.25, 0.3) is 0 Å². The normalized spacial score (nSPS) is 11.5. The van der Waals surface area contributed by atoms with Crippen LogP contribution in [0, 0.1) is 13.8 Å². The summed E-state index contributed by atoms with van der Waals surface area (Å²) in [6.45, 7) is 3.56. The fraction of sp³-hybridized carbons (Fsp3) is 0.154. The maximum Gasteiger partial charge on any atom is 0.243 e. The predicted molar refractivity (Wildman–Crippen MR) is 141 cm³/mol. The molecule has 0 saturated heterocycles. The molecule has 0 bridgehead atoms. The second-order valence-electron chi connectivity index (χ2n) is 8.03. The summed E-state index contributed by atoms with van der Waals surface area (Å²) in [6, 6.07) is 20.8. The minimum Gasteiger partial charge on any atom is -0.325 e. The van der Waals surface area contributed by atoms with Crippen molar-refractivity contribution in [3.05, 3.63) is 99.3 Å². The third-order valence-corrected chi connectivity index (χ3v) is 8.27. The fourth-order valence-corrected chi connectivity index (χ4v) is 5.69. The molecule has 35 heavy (non-hydrogen) atoms. The van der Waals surface area contributed by atoms with Crippen LogP contribution in [0.3, 0.4) is 0 Å². The third kappa shape index (κ3) is 6.15. The molecule has 0 unspecified atom stereocenters. The maximum atomic E-state index is 13.5. The Balaban J connectivity index is 1.59. The molecule has 4 aromatic rings. The zero-order valence-corrected chi connectivity index (χ0v) is 21.6. The molecule has 3 aromatic carbocycles. The van der Waals surface area contributed by atoms with Gasteiger partial charge in [-0.1, -0.05) is 48.0 Å². The van der Waals surface area contributed by atoms with Gasteiger partial charge in [-0.2, -0.15) is 4.31 Å². The number of carbonyl (C=O) groups is 1. The van der Waals surface area contributed by atoms with E-state index in [-0.39, 0.29) is 18.0 Å². The van der Waals surface area contributed by atoms with Crippen molar-refractivity contribution in [3.63, 3.8) is 0 Å². The van der Waals surface area contributed by atoms with E-state index in [1.807, 2.05) is 61.7 Å². The van der Waals surface area contributed by atoms with E-state index in [4.69, 9.17) is 11.6 Å². The Bertz CT molecular complexity index is 1450. The van der Waals surface area contributed by atoms with Gasteiger partial charge in [0, 0.05) is 28.2 Å². The molecule has 4 rings (SSSR count). The molecule has 9 heteroatoms. The summed E-state index contributed by atoms with van der Waals surface area (Å²) < 4.78 is 28.2. The molecule has 0 radical (unpaired) electrons. The van der Waals surface area contributed by atoms with E-state index in [9.17, 15) is 13.2 Å². The van der Waals surface area contributed by atoms with Gasteiger partial charge in [-0.15, -0.1) is 11.3 Å². The second-order valence-corrected chi connectivity index (χ2v) is 11.5. The second kappa shape index (κ2) is 10.7. The molecular formula is C26H24ClN3O3S2. The quantitative estimate of drug-likeness (QED) is 0.310. The number of amides is 1. The number of sulfonamides is 1. The minimum absolute atomic E-state index is 0.0587. The van der Waals surface area contributed by atoms with E-state index in [2.05, 4.69) is 10.3 Å². The van der Waals surface area contributed by atoms with Gasteiger partial charge < -0.3 is 5.32 Å². The van der Waals surface area contributed by atoms with Crippen molar-refractivity contribution in [2.45, 2.75) is 25.3 Å². The smallest absolute Gasteiger partial charge is 0.243 e. The molecule has 6 nitrogen and oxygen atoms in total. The van der Waals surface area contributed by atoms with Crippen LogP contribution in [0.5, 0.6) is 0 Å². The number of rotatable bonds is 8. The van der Waals surface area contributed by atoms with Crippen molar-refractivity contribution >= 4 is 44.6 Å². The van der Waals surface area contributed by atoms with E-state index in [0.717, 1.165) is 27.4 Å². The molecule has 0 fully saturated rings. The Morgan fingerprint density at radius 3 is 2.46 bits per heavy atom. The number of benzene rings is 3. The summed E-state index contributed by atoms with van der Waals surface area (Å²) in [5.41, 5.74) is 4.03. The molecule has 1 aromatic heterocycles. The van der Waals surface area contributed by atoms with Gasteiger partial charge in [0.1, 0.15) is 0 Å². The van der Waals surface area contributed by atoms with Crippen LogP contribution in [-0.2, 0) is 21.4 Å². The number of hydrogen-bond donors (Lipinski definition) is 1. The Hall–Kier alpha value is -3.04. The topological polar surface area (TPSA) is 79.4 Å². The van der Waals surface area contributed by atoms with Gasteiger partial charge in [0.05, 0.1) is 22.1 Å². The van der Waals surface area contributed by atoms with Crippen LogP contribution in [0.25, 0.3) is 11.3 Å². The van der Waals surface area contributed by atoms with Crippen molar-refractivity contribution in [3.8, 4) is 11.3 Å². The predicted octanol–water partition coefficient (Wildman–Crippen LogP) is 5.91. The highest BCUT2D eigenvalue weighted by Crippen LogP contribution is 2.25. The number of hydrogen-bond acceptors (Lipinski definition) is 5. The van der Waals surface area contributed by atoms with Crippen LogP contribution in [-0.4, -0.2) is 30.2 Å². The van der Waals surface area contributed by atoms with Crippen LogP contribution in [0.4, 0.5) is 5.69 Å². The molecule has 0 saturated carbocycles. The van der Waals surface area contributed by atoms with Crippen LogP contribution >= 0.6 is 22.9 Å². The van der Waals surface area contributed by atoms with Crippen LogP contribution in [0.15, 0.2) is 83.1 Å². The fourth-order valence-electron chi connectivity index (χ4n) is 3.57. The molecule has 1 amide bonds. The zero-order chi connectivity index (χ0) is 25.0. The SMILES string of the molecule is Cc1nc(-c2cccc(NC(=O)CN(Cc3ccccc3C)S(=O)(=O)c3ccc(Cl)cc3)c2)cs1. The molecule has 0 aliphatic rings. The minimum atomic E-state index is -3.96. The number of thiazole rings is 1. The summed E-state index contributed by atoms with van der Waals surface area (Å²) in [5.74, 6) is -0.442. The molecular weight excluding hydrogens is 502 g/mol. The monoisotopic (exact) mass is 525 g/mol. The summed E-state index contributed by atoms with van der Waals surface area (Å²) in [4.78, 5) is 17.6. The molecule has 0 atom stereocenters. The van der Waals surface area contributed by atoms with Crippen molar-refractivity contribution in [2.24, 2.45) is 0 Å². The third-order valence-electron chi connectivity index (χ3n) is 5.44. The van der Waals surface area contributed by atoms with E-state index < -0.39 is 15.9 Å². The van der Waals surface area contributed by atoms with Crippen molar-refractivity contribution in [2.75, 3.05) is 11.9 Å². The van der Waals surface area contributed by atoms with Crippen molar-refractivity contribution in [1.82, 2.24) is 9.29 Å². The first-order valence-corrected chi connectivity index (χ1v) is 13.5. The molecule has 0 spiro atoms. The average molecular weight is 526 g/mol. The lowest BCUT2D eigenvalue weighted by Crippen LogP contribution is -2.37. The van der Waals surface area contributed by atoms with E-state index in [1.165, 1.54) is 28.6 Å². The van der Waals surface area contributed by atoms with Gasteiger partial charge in [-0.3, -0.25) is 4.79 Å². The Morgan fingerprint density at radius 1 is 1.03 bits per heavy atom. The van der Waals surface area contributed by atoms with Gasteiger partial charge in [0.2, 0.25) is 15.9 Å². The van der Waals surface area contributed by atoms with E-state index in [0.29, 0.717) is 10.7 Å². The van der Waals surface area contributed by atoms with E-state index >= 15 is 0 Å². The number of carbonyl (C=O) groups excluding carboxylic acids is 1. The van der Waals surface area contributed by atoms with Gasteiger partial charge in [-0.25, -0.2) is 13.4 Å². The number of nitrogens with one attached hydrogen (secondary N) is 1. The maximum absolute atomic E-state index is 13.5. The molecule has 180 valence electrons. The number of nitrogens with zero attached hydrogens (tertiary/aromatic N) is 2. The highest BCUT2D eigenvalue weighted by molar-refractivity contribution is 7.89. The number of anilines is 1. The van der Waals surface area contributed by atoms with Gasteiger partial charge in [-0.05, 0) is 61.4 Å². The van der Waals surface area contributed by atoms with E-state index in [1.54, 1.807) is 17.4 Å². The highest BCUT2D eigenvalue weighted by atomic mass is 35.5. The van der Waals surface area contributed by atoms with Crippen molar-refractivity contribution in [1.29, 1.82) is 0 Å². The number of aryl methyl sites for hydroxylation is 2. The first-order valence-electron chi connectivity index (χ1n) is 10.8. The summed E-state index contributed by atoms with van der Waals surface area (Å²) in [6.07, 6.45) is 0. The standard InChI is InChI=1S/C26H24ClN3O3S2/c1-18-6-3-4-7-21(18)15-30(35(32,33)24-12-10-22(27)11-13-24)16-26(31)29-23-9-5-8-20(14-23)25-17-34-19(2)28-25/h3-14,17H,15-16H2,1-2H3,(H,29,31). The number of halogens is 1. The first kappa shape index (κ1) is 25.1. The molecule has 1 heterocycles. The van der Waals surface area contributed by atoms with Gasteiger partial charge in [0.15, 0.2) is 0 Å². The lowest BCUT2D eigenvalue weighted by molar-refractivity contribution is -0.116. The Morgan fingerprint density at radius 2 is 1.77 bits per heavy atom.